The average Bonchev–Trinajstić information content (AvgIpc) is 2.48. The average molecular weight is 271 g/mol. The maximum atomic E-state index is 3.97. The molecular weight excluding hydrogens is 242 g/mol. The first-order valence-electron chi connectivity index (χ1n) is 8.58. The van der Waals surface area contributed by atoms with E-state index < -0.39 is 0 Å². The fraction of sp³-hybridized carbons (Fsp3) is 0.684. The number of aryl methyl sites for hydroxylation is 1. The SMILES string of the molecule is CC(C)C1CCC(NC2CCCc3ccccc32)CC1. The van der Waals surface area contributed by atoms with Crippen LogP contribution in [0, 0.1) is 11.8 Å². The third-order valence-electron chi connectivity index (χ3n) is 5.52. The van der Waals surface area contributed by atoms with Crippen LogP contribution in [0.15, 0.2) is 24.3 Å². The van der Waals surface area contributed by atoms with Crippen molar-refractivity contribution in [2.24, 2.45) is 11.8 Å². The number of hydrogen-bond donors (Lipinski definition) is 1. The molecule has 0 spiro atoms. The van der Waals surface area contributed by atoms with Crippen LogP contribution in [0.25, 0.3) is 0 Å². The molecule has 0 radical (unpaired) electrons. The Morgan fingerprint density at radius 2 is 1.75 bits per heavy atom. The minimum absolute atomic E-state index is 0.612. The molecule has 1 nitrogen and oxygen atoms in total. The lowest BCUT2D eigenvalue weighted by molar-refractivity contribution is 0.224. The largest absolute Gasteiger partial charge is 0.307 e. The minimum atomic E-state index is 0.612. The molecule has 1 N–H and O–H groups in total. The van der Waals surface area contributed by atoms with E-state index in [1.54, 1.807) is 11.1 Å². The molecule has 110 valence electrons. The highest BCUT2D eigenvalue weighted by molar-refractivity contribution is 5.32. The molecule has 1 atom stereocenters. The van der Waals surface area contributed by atoms with Gasteiger partial charge in [0.25, 0.3) is 0 Å². The van der Waals surface area contributed by atoms with E-state index in [9.17, 15) is 0 Å². The van der Waals surface area contributed by atoms with Gasteiger partial charge in [0.2, 0.25) is 0 Å². The van der Waals surface area contributed by atoms with Crippen molar-refractivity contribution in [2.45, 2.75) is 70.9 Å². The van der Waals surface area contributed by atoms with Gasteiger partial charge in [0, 0.05) is 12.1 Å². The highest BCUT2D eigenvalue weighted by Crippen LogP contribution is 2.34. The molecule has 0 amide bonds. The van der Waals surface area contributed by atoms with E-state index in [0.717, 1.165) is 17.9 Å². The van der Waals surface area contributed by atoms with Crippen LogP contribution >= 0.6 is 0 Å². The maximum absolute atomic E-state index is 3.97. The van der Waals surface area contributed by atoms with Crippen LogP contribution in [0.4, 0.5) is 0 Å². The van der Waals surface area contributed by atoms with Gasteiger partial charge in [-0.15, -0.1) is 0 Å². The lowest BCUT2D eigenvalue weighted by Gasteiger charge is -2.35. The second kappa shape index (κ2) is 6.30. The van der Waals surface area contributed by atoms with E-state index in [1.165, 1.54) is 44.9 Å². The molecule has 1 saturated carbocycles. The summed E-state index contributed by atoms with van der Waals surface area (Å²) in [4.78, 5) is 0. The summed E-state index contributed by atoms with van der Waals surface area (Å²) < 4.78 is 0. The molecule has 2 aliphatic carbocycles. The molecule has 1 unspecified atom stereocenters. The van der Waals surface area contributed by atoms with Crippen LogP contribution in [-0.4, -0.2) is 6.04 Å². The summed E-state index contributed by atoms with van der Waals surface area (Å²) >= 11 is 0. The zero-order chi connectivity index (χ0) is 13.9. The van der Waals surface area contributed by atoms with Crippen molar-refractivity contribution in [3.63, 3.8) is 0 Å². The predicted octanol–water partition coefficient (Wildman–Crippen LogP) is 4.87. The molecule has 0 heterocycles. The summed E-state index contributed by atoms with van der Waals surface area (Å²) in [6.07, 6.45) is 9.53. The summed E-state index contributed by atoms with van der Waals surface area (Å²) in [5.41, 5.74) is 3.15. The molecule has 0 saturated heterocycles. The number of nitrogens with one attached hydrogen (secondary N) is 1. The summed E-state index contributed by atoms with van der Waals surface area (Å²) in [5.74, 6) is 1.83. The standard InChI is InChI=1S/C19H29N/c1-14(2)15-10-12-17(13-11-15)20-19-9-5-7-16-6-3-4-8-18(16)19/h3-4,6,8,14-15,17,19-20H,5,7,9-13H2,1-2H3. The van der Waals surface area contributed by atoms with Crippen LogP contribution in [0.3, 0.4) is 0 Å². The fourth-order valence-electron chi connectivity index (χ4n) is 4.16. The van der Waals surface area contributed by atoms with Crippen molar-refractivity contribution in [1.29, 1.82) is 0 Å². The summed E-state index contributed by atoms with van der Waals surface area (Å²) in [6, 6.07) is 10.4. The molecular formula is C19H29N. The Morgan fingerprint density at radius 3 is 2.50 bits per heavy atom. The van der Waals surface area contributed by atoms with Crippen molar-refractivity contribution in [3.05, 3.63) is 35.4 Å². The van der Waals surface area contributed by atoms with Gasteiger partial charge >= 0.3 is 0 Å². The van der Waals surface area contributed by atoms with Gasteiger partial charge in [-0.3, -0.25) is 0 Å². The van der Waals surface area contributed by atoms with E-state index >= 15 is 0 Å². The van der Waals surface area contributed by atoms with E-state index in [2.05, 4.69) is 43.4 Å². The van der Waals surface area contributed by atoms with Crippen LogP contribution in [0.5, 0.6) is 0 Å². The first kappa shape index (κ1) is 14.1. The van der Waals surface area contributed by atoms with Crippen molar-refractivity contribution >= 4 is 0 Å². The zero-order valence-electron chi connectivity index (χ0n) is 13.1. The van der Waals surface area contributed by atoms with Crippen molar-refractivity contribution in [3.8, 4) is 0 Å². The van der Waals surface area contributed by atoms with Crippen LogP contribution in [-0.2, 0) is 6.42 Å². The summed E-state index contributed by atoms with van der Waals surface area (Å²) in [6.45, 7) is 4.77. The second-order valence-electron chi connectivity index (χ2n) is 7.17. The normalized spacial score (nSPS) is 30.2. The molecule has 1 fully saturated rings. The number of benzene rings is 1. The number of hydrogen-bond acceptors (Lipinski definition) is 1. The first-order chi connectivity index (χ1) is 9.74. The highest BCUT2D eigenvalue weighted by Gasteiger charge is 2.27. The Balaban J connectivity index is 1.60. The van der Waals surface area contributed by atoms with Gasteiger partial charge in [-0.25, -0.2) is 0 Å². The van der Waals surface area contributed by atoms with Crippen molar-refractivity contribution in [2.75, 3.05) is 0 Å². The fourth-order valence-corrected chi connectivity index (χ4v) is 4.16. The molecule has 1 aromatic carbocycles. The quantitative estimate of drug-likeness (QED) is 0.827. The lowest BCUT2D eigenvalue weighted by atomic mass is 9.79. The minimum Gasteiger partial charge on any atom is -0.307 e. The number of fused-ring (bicyclic) bond motifs is 1. The monoisotopic (exact) mass is 271 g/mol. The van der Waals surface area contributed by atoms with Crippen LogP contribution in [0.2, 0.25) is 0 Å². The van der Waals surface area contributed by atoms with Crippen LogP contribution in [0.1, 0.15) is 69.5 Å². The van der Waals surface area contributed by atoms with Crippen LogP contribution < -0.4 is 5.32 Å². The molecule has 2 aliphatic rings. The third-order valence-corrected chi connectivity index (χ3v) is 5.52. The Bertz CT molecular complexity index is 429. The topological polar surface area (TPSA) is 12.0 Å². The van der Waals surface area contributed by atoms with E-state index in [-0.39, 0.29) is 0 Å². The lowest BCUT2D eigenvalue weighted by Crippen LogP contribution is -2.38. The Kier molecular flexibility index (Phi) is 4.45. The van der Waals surface area contributed by atoms with Gasteiger partial charge in [0.15, 0.2) is 0 Å². The third kappa shape index (κ3) is 3.09. The second-order valence-corrected chi connectivity index (χ2v) is 7.17. The zero-order valence-corrected chi connectivity index (χ0v) is 13.1. The molecule has 0 aromatic heterocycles. The Hall–Kier alpha value is -0.820. The van der Waals surface area contributed by atoms with Gasteiger partial charge in [-0.1, -0.05) is 38.1 Å². The molecule has 20 heavy (non-hydrogen) atoms. The van der Waals surface area contributed by atoms with Gasteiger partial charge in [0.05, 0.1) is 0 Å². The highest BCUT2D eigenvalue weighted by atomic mass is 15.0. The van der Waals surface area contributed by atoms with E-state index in [0.29, 0.717) is 6.04 Å². The Labute approximate surface area is 124 Å². The van der Waals surface area contributed by atoms with Gasteiger partial charge < -0.3 is 5.32 Å². The molecule has 1 heteroatoms. The smallest absolute Gasteiger partial charge is 0.0325 e. The van der Waals surface area contributed by atoms with E-state index in [1.807, 2.05) is 0 Å². The van der Waals surface area contributed by atoms with Crippen molar-refractivity contribution in [1.82, 2.24) is 5.32 Å². The van der Waals surface area contributed by atoms with Gasteiger partial charge in [0.1, 0.15) is 0 Å². The molecule has 0 bridgehead atoms. The predicted molar refractivity (Wildman–Crippen MR) is 85.8 cm³/mol. The van der Waals surface area contributed by atoms with Gasteiger partial charge in [-0.2, -0.15) is 0 Å². The Morgan fingerprint density at radius 1 is 1.00 bits per heavy atom. The molecule has 0 aliphatic heterocycles. The summed E-state index contributed by atoms with van der Waals surface area (Å²) in [5, 5.41) is 3.97. The van der Waals surface area contributed by atoms with E-state index in [4.69, 9.17) is 0 Å². The first-order valence-corrected chi connectivity index (χ1v) is 8.58. The van der Waals surface area contributed by atoms with Gasteiger partial charge in [-0.05, 0) is 67.9 Å². The summed E-state index contributed by atoms with van der Waals surface area (Å²) in [7, 11) is 0. The molecule has 1 aromatic rings. The number of rotatable bonds is 3. The molecule has 3 rings (SSSR count). The maximum Gasteiger partial charge on any atom is 0.0325 e. The van der Waals surface area contributed by atoms with Crippen molar-refractivity contribution < 1.29 is 0 Å².